The van der Waals surface area contributed by atoms with Crippen LogP contribution in [0.5, 0.6) is 0 Å². The topological polar surface area (TPSA) is 55.7 Å². The Kier molecular flexibility index (Phi) is 5.11. The number of nitrogens with zero attached hydrogens (tertiary/aromatic N) is 1. The van der Waals surface area contributed by atoms with Gasteiger partial charge in [0.15, 0.2) is 0 Å². The van der Waals surface area contributed by atoms with Gasteiger partial charge in [0.25, 0.3) is 0 Å². The van der Waals surface area contributed by atoms with Gasteiger partial charge in [-0.05, 0) is 30.9 Å². The Bertz CT molecular complexity index is 533. The van der Waals surface area contributed by atoms with Crippen LogP contribution in [-0.4, -0.2) is 14.1 Å². The number of oxime groups is 1. The lowest BCUT2D eigenvalue weighted by Crippen LogP contribution is -2.16. The van der Waals surface area contributed by atoms with Crippen molar-refractivity contribution in [2.75, 3.05) is 0 Å². The highest BCUT2D eigenvalue weighted by atomic mass is 32.2. The van der Waals surface area contributed by atoms with Gasteiger partial charge in [0.05, 0.1) is 5.71 Å². The second kappa shape index (κ2) is 6.19. The number of hydrogen-bond acceptors (Lipinski definition) is 4. The van der Waals surface area contributed by atoms with Gasteiger partial charge in [-0.25, -0.2) is 0 Å². The molecule has 0 atom stereocenters. The molecular weight excluding hydrogens is 262 g/mol. The van der Waals surface area contributed by atoms with E-state index in [9.17, 15) is 8.42 Å². The SMILES string of the molecule is Cc1ccc(S(=O)(=O)ON=C(C(C)C)C(C)C)cc1. The third-order valence-corrected chi connectivity index (χ3v) is 3.85. The van der Waals surface area contributed by atoms with Crippen LogP contribution in [-0.2, 0) is 14.4 Å². The van der Waals surface area contributed by atoms with E-state index in [0.29, 0.717) is 0 Å². The van der Waals surface area contributed by atoms with E-state index in [4.69, 9.17) is 4.28 Å². The molecule has 0 amide bonds. The lowest BCUT2D eigenvalue weighted by atomic mass is 9.98. The van der Waals surface area contributed by atoms with Crippen molar-refractivity contribution < 1.29 is 12.7 Å². The largest absolute Gasteiger partial charge is 0.358 e. The average Bonchev–Trinajstić information content (AvgIpc) is 2.28. The number of rotatable bonds is 5. The van der Waals surface area contributed by atoms with Crippen molar-refractivity contribution in [1.29, 1.82) is 0 Å². The summed E-state index contributed by atoms with van der Waals surface area (Å²) in [5, 5.41) is 3.82. The van der Waals surface area contributed by atoms with Crippen LogP contribution in [0.4, 0.5) is 0 Å². The van der Waals surface area contributed by atoms with Gasteiger partial charge in [0.1, 0.15) is 4.90 Å². The van der Waals surface area contributed by atoms with Gasteiger partial charge in [0, 0.05) is 0 Å². The van der Waals surface area contributed by atoms with Crippen LogP contribution in [0.2, 0.25) is 0 Å². The van der Waals surface area contributed by atoms with Gasteiger partial charge in [0.2, 0.25) is 0 Å². The van der Waals surface area contributed by atoms with Crippen molar-refractivity contribution in [3.8, 4) is 0 Å². The Balaban J connectivity index is 2.97. The van der Waals surface area contributed by atoms with Gasteiger partial charge >= 0.3 is 10.1 Å². The van der Waals surface area contributed by atoms with Crippen LogP contribution in [0.1, 0.15) is 33.3 Å². The van der Waals surface area contributed by atoms with Crippen LogP contribution in [0.25, 0.3) is 0 Å². The minimum atomic E-state index is -3.83. The highest BCUT2D eigenvalue weighted by molar-refractivity contribution is 7.86. The predicted octanol–water partition coefficient (Wildman–Crippen LogP) is 3.37. The van der Waals surface area contributed by atoms with Crippen LogP contribution in [0.15, 0.2) is 34.3 Å². The van der Waals surface area contributed by atoms with Crippen LogP contribution >= 0.6 is 0 Å². The molecule has 0 aromatic heterocycles. The fourth-order valence-corrected chi connectivity index (χ4v) is 2.46. The molecule has 0 heterocycles. The monoisotopic (exact) mass is 283 g/mol. The molecule has 0 unspecified atom stereocenters. The molecule has 0 saturated heterocycles. The molecule has 1 rings (SSSR count). The van der Waals surface area contributed by atoms with E-state index in [-0.39, 0.29) is 16.7 Å². The van der Waals surface area contributed by atoms with Crippen molar-refractivity contribution in [3.63, 3.8) is 0 Å². The summed E-state index contributed by atoms with van der Waals surface area (Å²) >= 11 is 0. The minimum Gasteiger partial charge on any atom is -0.265 e. The quantitative estimate of drug-likeness (QED) is 0.615. The standard InChI is InChI=1S/C14H21NO3S/c1-10(2)14(11(3)4)15-18-19(16,17)13-8-6-12(5)7-9-13/h6-11H,1-5H3. The molecule has 1 aromatic rings. The van der Waals surface area contributed by atoms with Crippen molar-refractivity contribution in [2.24, 2.45) is 17.0 Å². The molecule has 19 heavy (non-hydrogen) atoms. The van der Waals surface area contributed by atoms with E-state index in [1.165, 1.54) is 12.1 Å². The first kappa shape index (κ1) is 15.7. The maximum Gasteiger partial charge on any atom is 0.358 e. The van der Waals surface area contributed by atoms with Gasteiger partial charge in [-0.15, -0.1) is 0 Å². The van der Waals surface area contributed by atoms with E-state index in [1.54, 1.807) is 12.1 Å². The van der Waals surface area contributed by atoms with Crippen molar-refractivity contribution in [2.45, 2.75) is 39.5 Å². The number of aryl methyl sites for hydroxylation is 1. The maximum atomic E-state index is 12.0. The molecule has 0 aliphatic rings. The van der Waals surface area contributed by atoms with Crippen LogP contribution < -0.4 is 0 Å². The lowest BCUT2D eigenvalue weighted by molar-refractivity contribution is 0.333. The Morgan fingerprint density at radius 2 is 1.53 bits per heavy atom. The van der Waals surface area contributed by atoms with E-state index in [1.807, 2.05) is 34.6 Å². The van der Waals surface area contributed by atoms with E-state index < -0.39 is 10.1 Å². The first-order valence-electron chi connectivity index (χ1n) is 6.32. The molecule has 106 valence electrons. The zero-order valence-electron chi connectivity index (χ0n) is 12.0. The third-order valence-electron chi connectivity index (χ3n) is 2.73. The van der Waals surface area contributed by atoms with Crippen LogP contribution in [0.3, 0.4) is 0 Å². The van der Waals surface area contributed by atoms with Gasteiger partial charge in [-0.1, -0.05) is 50.5 Å². The first-order valence-corrected chi connectivity index (χ1v) is 7.73. The second-order valence-electron chi connectivity index (χ2n) is 5.17. The molecule has 0 bridgehead atoms. The normalized spacial score (nSPS) is 11.7. The summed E-state index contributed by atoms with van der Waals surface area (Å²) in [6, 6.07) is 6.49. The van der Waals surface area contributed by atoms with Gasteiger partial charge in [-0.3, -0.25) is 4.28 Å². The molecule has 0 saturated carbocycles. The zero-order valence-corrected chi connectivity index (χ0v) is 12.9. The highest BCUT2D eigenvalue weighted by Crippen LogP contribution is 2.15. The molecule has 5 heteroatoms. The van der Waals surface area contributed by atoms with Crippen LogP contribution in [0, 0.1) is 18.8 Å². The molecule has 0 N–H and O–H groups in total. The summed E-state index contributed by atoms with van der Waals surface area (Å²) in [7, 11) is -3.83. The summed E-state index contributed by atoms with van der Waals surface area (Å²) in [4.78, 5) is 0.119. The molecule has 0 aliphatic carbocycles. The Labute approximate surface area is 115 Å². The van der Waals surface area contributed by atoms with Crippen molar-refractivity contribution >= 4 is 15.8 Å². The molecule has 0 fully saturated rings. The summed E-state index contributed by atoms with van der Waals surface area (Å²) in [6.07, 6.45) is 0. The summed E-state index contributed by atoms with van der Waals surface area (Å²) in [6.45, 7) is 9.73. The van der Waals surface area contributed by atoms with Gasteiger partial charge < -0.3 is 0 Å². The predicted molar refractivity (Wildman–Crippen MR) is 76.6 cm³/mol. The molecule has 4 nitrogen and oxygen atoms in total. The molecule has 1 aromatic carbocycles. The molecule has 0 radical (unpaired) electrons. The zero-order chi connectivity index (χ0) is 14.6. The third kappa shape index (κ3) is 4.35. The molecular formula is C14H21NO3S. The fourth-order valence-electron chi connectivity index (χ4n) is 1.72. The minimum absolute atomic E-state index is 0.119. The smallest absolute Gasteiger partial charge is 0.265 e. The lowest BCUT2D eigenvalue weighted by Gasteiger charge is -2.12. The van der Waals surface area contributed by atoms with Crippen molar-refractivity contribution in [1.82, 2.24) is 0 Å². The fraction of sp³-hybridized carbons (Fsp3) is 0.500. The Hall–Kier alpha value is -1.36. The number of hydrogen-bond donors (Lipinski definition) is 0. The second-order valence-corrected chi connectivity index (χ2v) is 6.70. The Morgan fingerprint density at radius 1 is 1.05 bits per heavy atom. The molecule has 0 spiro atoms. The maximum absolute atomic E-state index is 12.0. The average molecular weight is 283 g/mol. The molecule has 0 aliphatic heterocycles. The first-order chi connectivity index (χ1) is 8.74. The summed E-state index contributed by atoms with van der Waals surface area (Å²) in [5.41, 5.74) is 1.73. The summed E-state index contributed by atoms with van der Waals surface area (Å²) in [5.74, 6) is 0.293. The summed E-state index contributed by atoms with van der Waals surface area (Å²) < 4.78 is 28.7. The van der Waals surface area contributed by atoms with Gasteiger partial charge in [-0.2, -0.15) is 8.42 Å². The van der Waals surface area contributed by atoms with E-state index in [0.717, 1.165) is 11.3 Å². The highest BCUT2D eigenvalue weighted by Gasteiger charge is 2.17. The Morgan fingerprint density at radius 3 is 1.95 bits per heavy atom. The van der Waals surface area contributed by atoms with Crippen molar-refractivity contribution in [3.05, 3.63) is 29.8 Å². The van der Waals surface area contributed by atoms with E-state index in [2.05, 4.69) is 5.16 Å². The number of benzene rings is 1. The van der Waals surface area contributed by atoms with E-state index >= 15 is 0 Å².